The fourth-order valence-corrected chi connectivity index (χ4v) is 1.42. The summed E-state index contributed by atoms with van der Waals surface area (Å²) >= 11 is 0. The van der Waals surface area contributed by atoms with Gasteiger partial charge in [0.2, 0.25) is 0 Å². The minimum atomic E-state index is -1.26. The zero-order valence-electron chi connectivity index (χ0n) is 11.1. The van der Waals surface area contributed by atoms with Crippen LogP contribution < -0.4 is 5.43 Å². The Balaban J connectivity index is 3.19. The molecule has 0 amide bonds. The van der Waals surface area contributed by atoms with Crippen molar-refractivity contribution in [2.45, 2.75) is 13.8 Å². The average Bonchev–Trinajstić information content (AvgIpc) is 2.37. The number of aliphatic carboxylic acids is 1. The molecule has 0 fully saturated rings. The molecule has 0 atom stereocenters. The first kappa shape index (κ1) is 16.0. The molecule has 10 heteroatoms. The molecule has 0 spiro atoms. The van der Waals surface area contributed by atoms with Crippen LogP contribution in [0.4, 0.5) is 17.1 Å². The lowest BCUT2D eigenvalue weighted by atomic mass is 10.1. The molecule has 0 aliphatic heterocycles. The highest BCUT2D eigenvalue weighted by molar-refractivity contribution is 6.36. The third-order valence-electron chi connectivity index (χ3n) is 2.45. The first-order valence-electron chi connectivity index (χ1n) is 5.73. The second-order valence-corrected chi connectivity index (χ2v) is 4.28. The molecule has 0 unspecified atom stereocenters. The van der Waals surface area contributed by atoms with Gasteiger partial charge in [-0.3, -0.25) is 25.7 Å². The van der Waals surface area contributed by atoms with Crippen LogP contribution in [0.2, 0.25) is 0 Å². The lowest BCUT2D eigenvalue weighted by Gasteiger charge is -2.06. The van der Waals surface area contributed by atoms with Crippen molar-refractivity contribution >= 4 is 28.7 Å². The van der Waals surface area contributed by atoms with Crippen LogP contribution >= 0.6 is 0 Å². The third kappa shape index (κ3) is 3.96. The normalized spacial score (nSPS) is 11.3. The summed E-state index contributed by atoms with van der Waals surface area (Å²) in [7, 11) is 0. The summed E-state index contributed by atoms with van der Waals surface area (Å²) in [4.78, 5) is 30.8. The van der Waals surface area contributed by atoms with E-state index in [2.05, 4.69) is 10.5 Å². The van der Waals surface area contributed by atoms with Gasteiger partial charge in [-0.25, -0.2) is 4.79 Å². The Morgan fingerprint density at radius 3 is 2.33 bits per heavy atom. The number of anilines is 1. The number of benzene rings is 1. The molecule has 10 nitrogen and oxygen atoms in total. The first-order valence-corrected chi connectivity index (χ1v) is 5.73. The van der Waals surface area contributed by atoms with E-state index in [4.69, 9.17) is 5.11 Å². The van der Waals surface area contributed by atoms with E-state index < -0.39 is 33.1 Å². The molecule has 0 saturated carbocycles. The Morgan fingerprint density at radius 1 is 1.29 bits per heavy atom. The Bertz CT molecular complexity index is 625. The Morgan fingerprint density at radius 2 is 1.90 bits per heavy atom. The second-order valence-electron chi connectivity index (χ2n) is 4.28. The maximum atomic E-state index is 10.9. The number of hydrazone groups is 1. The second kappa shape index (κ2) is 6.41. The van der Waals surface area contributed by atoms with E-state index in [-0.39, 0.29) is 11.4 Å². The first-order chi connectivity index (χ1) is 9.73. The lowest BCUT2D eigenvalue weighted by molar-refractivity contribution is -0.393. The van der Waals surface area contributed by atoms with Crippen LogP contribution in [-0.4, -0.2) is 26.6 Å². The zero-order valence-corrected chi connectivity index (χ0v) is 11.1. The molecule has 0 bridgehead atoms. The number of hydrogen-bond acceptors (Lipinski definition) is 7. The molecule has 21 heavy (non-hydrogen) atoms. The van der Waals surface area contributed by atoms with E-state index in [1.54, 1.807) is 13.8 Å². The minimum Gasteiger partial charge on any atom is -0.477 e. The van der Waals surface area contributed by atoms with Crippen molar-refractivity contribution in [1.82, 2.24) is 0 Å². The Hall–Kier alpha value is -3.04. The number of nitro benzene ring substituents is 2. The number of carboxylic acid groups (broad SMARTS) is 1. The van der Waals surface area contributed by atoms with Crippen LogP contribution in [-0.2, 0) is 4.79 Å². The topological polar surface area (TPSA) is 148 Å². The number of carbonyl (C=O) groups is 1. The zero-order chi connectivity index (χ0) is 16.2. The predicted octanol–water partition coefficient (Wildman–Crippen LogP) is 2.01. The molecule has 0 heterocycles. The van der Waals surface area contributed by atoms with E-state index in [0.29, 0.717) is 0 Å². The molecular formula is C11H12N4O6. The van der Waals surface area contributed by atoms with Crippen LogP contribution in [0.3, 0.4) is 0 Å². The standard InChI is InChI=1S/C11H12N4O6/c1-6(2)10(11(16)17)13-12-8-4-3-7(14(18)19)5-9(8)15(20)21/h3-6,12H,1-2H3,(H,16,17)/b13-10+. The summed E-state index contributed by atoms with van der Waals surface area (Å²) in [5.74, 6) is -1.67. The molecule has 0 radical (unpaired) electrons. The van der Waals surface area contributed by atoms with Crippen LogP contribution in [0.15, 0.2) is 23.3 Å². The van der Waals surface area contributed by atoms with E-state index >= 15 is 0 Å². The summed E-state index contributed by atoms with van der Waals surface area (Å²) in [5, 5.41) is 34.0. The molecule has 0 aliphatic rings. The van der Waals surface area contributed by atoms with E-state index in [1.165, 1.54) is 0 Å². The van der Waals surface area contributed by atoms with Crippen molar-refractivity contribution in [2.75, 3.05) is 5.43 Å². The Kier molecular flexibility index (Phi) is 4.89. The molecule has 2 N–H and O–H groups in total. The number of hydrogen-bond donors (Lipinski definition) is 2. The quantitative estimate of drug-likeness (QED) is 0.463. The maximum absolute atomic E-state index is 10.9. The fraction of sp³-hybridized carbons (Fsp3) is 0.273. The minimum absolute atomic E-state index is 0.134. The third-order valence-corrected chi connectivity index (χ3v) is 2.45. The van der Waals surface area contributed by atoms with Gasteiger partial charge in [0, 0.05) is 12.0 Å². The van der Waals surface area contributed by atoms with Crippen molar-refractivity contribution in [3.63, 3.8) is 0 Å². The van der Waals surface area contributed by atoms with Gasteiger partial charge in [0.05, 0.1) is 15.9 Å². The summed E-state index contributed by atoms with van der Waals surface area (Å²) < 4.78 is 0. The number of rotatable bonds is 6. The summed E-state index contributed by atoms with van der Waals surface area (Å²) in [6.45, 7) is 3.19. The molecular weight excluding hydrogens is 284 g/mol. The van der Waals surface area contributed by atoms with Crippen molar-refractivity contribution < 1.29 is 19.7 Å². The monoisotopic (exact) mass is 296 g/mol. The molecule has 1 aromatic carbocycles. The van der Waals surface area contributed by atoms with Crippen molar-refractivity contribution in [3.05, 3.63) is 38.4 Å². The lowest BCUT2D eigenvalue weighted by Crippen LogP contribution is -2.20. The molecule has 0 aliphatic carbocycles. The van der Waals surface area contributed by atoms with E-state index in [1.807, 2.05) is 0 Å². The van der Waals surface area contributed by atoms with Crippen LogP contribution in [0.25, 0.3) is 0 Å². The van der Waals surface area contributed by atoms with Gasteiger partial charge in [0.25, 0.3) is 5.69 Å². The van der Waals surface area contributed by atoms with Gasteiger partial charge in [-0.2, -0.15) is 5.10 Å². The van der Waals surface area contributed by atoms with Gasteiger partial charge in [0.1, 0.15) is 11.4 Å². The SMILES string of the molecule is CC(C)/C(=N\Nc1ccc([N+](=O)[O-])cc1[N+](=O)[O-])C(=O)O. The Labute approximate surface area is 118 Å². The average molecular weight is 296 g/mol. The summed E-state index contributed by atoms with van der Waals surface area (Å²) in [6, 6.07) is 2.92. The number of nitrogens with one attached hydrogen (secondary N) is 1. The predicted molar refractivity (Wildman–Crippen MR) is 73.3 cm³/mol. The summed E-state index contributed by atoms with van der Waals surface area (Å²) in [6.07, 6.45) is 0. The van der Waals surface area contributed by atoms with Gasteiger partial charge < -0.3 is 5.11 Å². The highest BCUT2D eigenvalue weighted by Crippen LogP contribution is 2.28. The van der Waals surface area contributed by atoms with E-state index in [0.717, 1.165) is 18.2 Å². The molecule has 0 aromatic heterocycles. The summed E-state index contributed by atoms with van der Waals surface area (Å²) in [5.41, 5.74) is 0.898. The van der Waals surface area contributed by atoms with Crippen LogP contribution in [0, 0.1) is 26.1 Å². The highest BCUT2D eigenvalue weighted by atomic mass is 16.6. The van der Waals surface area contributed by atoms with Gasteiger partial charge in [-0.15, -0.1) is 0 Å². The van der Waals surface area contributed by atoms with Crippen molar-refractivity contribution in [3.8, 4) is 0 Å². The van der Waals surface area contributed by atoms with Gasteiger partial charge in [0.15, 0.2) is 0 Å². The van der Waals surface area contributed by atoms with Gasteiger partial charge in [-0.1, -0.05) is 13.8 Å². The van der Waals surface area contributed by atoms with Gasteiger partial charge >= 0.3 is 11.7 Å². The number of nitro groups is 2. The van der Waals surface area contributed by atoms with Crippen molar-refractivity contribution in [1.29, 1.82) is 0 Å². The largest absolute Gasteiger partial charge is 0.477 e. The molecule has 112 valence electrons. The highest BCUT2D eigenvalue weighted by Gasteiger charge is 2.20. The molecule has 0 saturated heterocycles. The fourth-order valence-electron chi connectivity index (χ4n) is 1.42. The van der Waals surface area contributed by atoms with Crippen LogP contribution in [0.1, 0.15) is 13.8 Å². The number of carboxylic acids is 1. The molecule has 1 aromatic rings. The number of nitrogens with zero attached hydrogens (tertiary/aromatic N) is 3. The smallest absolute Gasteiger partial charge is 0.352 e. The van der Waals surface area contributed by atoms with Crippen LogP contribution in [0.5, 0.6) is 0 Å². The molecule has 1 rings (SSSR count). The number of non-ortho nitro benzene ring substituents is 1. The van der Waals surface area contributed by atoms with E-state index in [9.17, 15) is 25.0 Å². The van der Waals surface area contributed by atoms with Crippen molar-refractivity contribution in [2.24, 2.45) is 11.0 Å². The van der Waals surface area contributed by atoms with Gasteiger partial charge in [-0.05, 0) is 6.07 Å². The maximum Gasteiger partial charge on any atom is 0.352 e.